The fourth-order valence-corrected chi connectivity index (χ4v) is 2.53. The highest BCUT2D eigenvalue weighted by atomic mass is 35.5. The van der Waals surface area contributed by atoms with E-state index in [9.17, 15) is 14.4 Å². The van der Waals surface area contributed by atoms with Crippen LogP contribution in [0.3, 0.4) is 0 Å². The molecule has 1 aliphatic rings. The zero-order chi connectivity index (χ0) is 17.5. The van der Waals surface area contributed by atoms with Crippen LogP contribution in [0.25, 0.3) is 0 Å². The van der Waals surface area contributed by atoms with Gasteiger partial charge in [0.15, 0.2) is 6.61 Å². The normalized spacial score (nSPS) is 19.4. The summed E-state index contributed by atoms with van der Waals surface area (Å²) in [5.41, 5.74) is 4.44. The number of benzene rings is 1. The average molecular weight is 353 g/mol. The van der Waals surface area contributed by atoms with Gasteiger partial charge in [-0.1, -0.05) is 35.9 Å². The number of aliphatic carboxylic acids is 1. The van der Waals surface area contributed by atoms with Crippen molar-refractivity contribution in [3.05, 3.63) is 41.4 Å². The largest absolute Gasteiger partial charge is 0.482 e. The van der Waals surface area contributed by atoms with Gasteiger partial charge >= 0.3 is 5.97 Å². The lowest BCUT2D eigenvalue weighted by Gasteiger charge is -2.24. The number of amides is 2. The van der Waals surface area contributed by atoms with Gasteiger partial charge in [-0.3, -0.25) is 25.2 Å². The molecule has 0 bridgehead atoms. The molecular formula is C16H17ClN2O5. The van der Waals surface area contributed by atoms with Gasteiger partial charge in [0, 0.05) is 0 Å². The first kappa shape index (κ1) is 17.8. The van der Waals surface area contributed by atoms with Crippen molar-refractivity contribution < 1.29 is 24.2 Å². The molecular weight excluding hydrogens is 336 g/mol. The van der Waals surface area contributed by atoms with Gasteiger partial charge in [-0.05, 0) is 25.0 Å². The number of hydrogen-bond donors (Lipinski definition) is 3. The Kier molecular flexibility index (Phi) is 6.20. The zero-order valence-electron chi connectivity index (χ0n) is 12.7. The van der Waals surface area contributed by atoms with E-state index in [1.54, 1.807) is 36.4 Å². The summed E-state index contributed by atoms with van der Waals surface area (Å²) in [5.74, 6) is -3.33. The average Bonchev–Trinajstić information content (AvgIpc) is 2.59. The summed E-state index contributed by atoms with van der Waals surface area (Å²) in [6.07, 6.45) is 4.09. The van der Waals surface area contributed by atoms with Gasteiger partial charge in [0.05, 0.1) is 16.9 Å². The molecule has 1 aliphatic carbocycles. The molecule has 3 N–H and O–H groups in total. The SMILES string of the molecule is O=C(COc1ccccc1Cl)NNC(=O)[C@H]1CC=CC[C@@H]1C(=O)O. The van der Waals surface area contributed by atoms with Crippen molar-refractivity contribution in [2.75, 3.05) is 6.61 Å². The maximum atomic E-state index is 12.1. The van der Waals surface area contributed by atoms with Crippen LogP contribution in [0.4, 0.5) is 0 Å². The van der Waals surface area contributed by atoms with Crippen molar-refractivity contribution in [3.8, 4) is 5.75 Å². The summed E-state index contributed by atoms with van der Waals surface area (Å²) >= 11 is 5.89. The molecule has 0 saturated heterocycles. The minimum atomic E-state index is -1.03. The highest BCUT2D eigenvalue weighted by molar-refractivity contribution is 6.32. The number of hydrazine groups is 1. The van der Waals surface area contributed by atoms with Gasteiger partial charge in [0.25, 0.3) is 5.91 Å². The molecule has 8 heteroatoms. The lowest BCUT2D eigenvalue weighted by Crippen LogP contribution is -2.48. The lowest BCUT2D eigenvalue weighted by atomic mass is 9.82. The Morgan fingerprint density at radius 2 is 1.79 bits per heavy atom. The summed E-state index contributed by atoms with van der Waals surface area (Å²) in [7, 11) is 0. The van der Waals surface area contributed by atoms with Crippen molar-refractivity contribution in [2.45, 2.75) is 12.8 Å². The molecule has 1 aromatic rings. The van der Waals surface area contributed by atoms with E-state index in [1.807, 2.05) is 0 Å². The van der Waals surface area contributed by atoms with Crippen LogP contribution in [0.1, 0.15) is 12.8 Å². The molecule has 24 heavy (non-hydrogen) atoms. The van der Waals surface area contributed by atoms with Gasteiger partial charge in [-0.2, -0.15) is 0 Å². The topological polar surface area (TPSA) is 105 Å². The Morgan fingerprint density at radius 1 is 1.12 bits per heavy atom. The van der Waals surface area contributed by atoms with E-state index >= 15 is 0 Å². The van der Waals surface area contributed by atoms with Crippen LogP contribution in [0.15, 0.2) is 36.4 Å². The first-order valence-electron chi connectivity index (χ1n) is 7.33. The smallest absolute Gasteiger partial charge is 0.307 e. The highest BCUT2D eigenvalue weighted by Gasteiger charge is 2.34. The number of para-hydroxylation sites is 1. The number of rotatable bonds is 5. The summed E-state index contributed by atoms with van der Waals surface area (Å²) in [6, 6.07) is 6.68. The number of hydrogen-bond acceptors (Lipinski definition) is 4. The van der Waals surface area contributed by atoms with E-state index in [4.69, 9.17) is 21.4 Å². The molecule has 128 valence electrons. The predicted molar refractivity (Wildman–Crippen MR) is 86.2 cm³/mol. The summed E-state index contributed by atoms with van der Waals surface area (Å²) in [5, 5.41) is 9.51. The third-order valence-corrected chi connectivity index (χ3v) is 3.92. The monoisotopic (exact) mass is 352 g/mol. The van der Waals surface area contributed by atoms with E-state index in [0.717, 1.165) is 0 Å². The predicted octanol–water partition coefficient (Wildman–Crippen LogP) is 1.53. The van der Waals surface area contributed by atoms with Crippen molar-refractivity contribution in [2.24, 2.45) is 11.8 Å². The fourth-order valence-electron chi connectivity index (χ4n) is 2.34. The Balaban J connectivity index is 1.80. The van der Waals surface area contributed by atoms with Crippen LogP contribution in [-0.2, 0) is 14.4 Å². The van der Waals surface area contributed by atoms with Crippen LogP contribution in [0, 0.1) is 11.8 Å². The summed E-state index contributed by atoms with van der Waals surface area (Å²) < 4.78 is 5.24. The molecule has 2 amide bonds. The molecule has 2 rings (SSSR count). The zero-order valence-corrected chi connectivity index (χ0v) is 13.5. The molecule has 0 heterocycles. The number of nitrogens with one attached hydrogen (secondary N) is 2. The van der Waals surface area contributed by atoms with E-state index in [-0.39, 0.29) is 13.0 Å². The highest BCUT2D eigenvalue weighted by Crippen LogP contribution is 2.26. The second-order valence-corrected chi connectivity index (χ2v) is 5.66. The van der Waals surface area contributed by atoms with E-state index in [1.165, 1.54) is 0 Å². The third-order valence-electron chi connectivity index (χ3n) is 3.61. The maximum Gasteiger partial charge on any atom is 0.307 e. The Morgan fingerprint density at radius 3 is 2.46 bits per heavy atom. The van der Waals surface area contributed by atoms with Gasteiger partial charge in [-0.25, -0.2) is 0 Å². The van der Waals surface area contributed by atoms with Crippen molar-refractivity contribution in [1.82, 2.24) is 10.9 Å². The number of carboxylic acid groups (broad SMARTS) is 1. The number of carbonyl (C=O) groups excluding carboxylic acids is 2. The Bertz CT molecular complexity index is 662. The minimum Gasteiger partial charge on any atom is -0.482 e. The van der Waals surface area contributed by atoms with Crippen molar-refractivity contribution >= 4 is 29.4 Å². The number of carboxylic acids is 1. The van der Waals surface area contributed by atoms with Crippen LogP contribution >= 0.6 is 11.6 Å². The summed E-state index contributed by atoms with van der Waals surface area (Å²) in [4.78, 5) is 34.9. The Labute approximate surface area is 143 Å². The lowest BCUT2D eigenvalue weighted by molar-refractivity contribution is -0.147. The van der Waals surface area contributed by atoms with E-state index in [0.29, 0.717) is 17.2 Å². The van der Waals surface area contributed by atoms with E-state index in [2.05, 4.69) is 10.9 Å². The van der Waals surface area contributed by atoms with Gasteiger partial charge in [-0.15, -0.1) is 0 Å². The molecule has 0 spiro atoms. The van der Waals surface area contributed by atoms with Crippen LogP contribution in [-0.4, -0.2) is 29.5 Å². The first-order valence-corrected chi connectivity index (χ1v) is 7.70. The number of ether oxygens (including phenoxy) is 1. The van der Waals surface area contributed by atoms with Crippen LogP contribution in [0.5, 0.6) is 5.75 Å². The van der Waals surface area contributed by atoms with Gasteiger partial charge in [0.1, 0.15) is 5.75 Å². The molecule has 2 atom stereocenters. The molecule has 0 aromatic heterocycles. The van der Waals surface area contributed by atoms with Crippen molar-refractivity contribution in [3.63, 3.8) is 0 Å². The Hall–Kier alpha value is -2.54. The van der Waals surface area contributed by atoms with Crippen molar-refractivity contribution in [1.29, 1.82) is 0 Å². The molecule has 1 aromatic carbocycles. The number of carbonyl (C=O) groups is 3. The molecule has 0 fully saturated rings. The molecule has 0 saturated carbocycles. The number of allylic oxidation sites excluding steroid dienone is 2. The summed E-state index contributed by atoms with van der Waals surface area (Å²) in [6.45, 7) is -0.336. The van der Waals surface area contributed by atoms with Gasteiger partial charge < -0.3 is 9.84 Å². The molecule has 0 radical (unpaired) electrons. The van der Waals surface area contributed by atoms with Crippen LogP contribution in [0.2, 0.25) is 5.02 Å². The second-order valence-electron chi connectivity index (χ2n) is 5.25. The van der Waals surface area contributed by atoms with Crippen LogP contribution < -0.4 is 15.6 Å². The standard InChI is InChI=1S/C16H17ClN2O5/c17-12-7-3-4-8-13(12)24-9-14(20)18-19-15(21)10-5-1-2-6-11(10)16(22)23/h1-4,7-8,10-11H,5-6,9H2,(H,18,20)(H,19,21)(H,22,23)/t10-,11-/m0/s1. The first-order chi connectivity index (χ1) is 11.5. The number of halogens is 1. The fraction of sp³-hybridized carbons (Fsp3) is 0.312. The van der Waals surface area contributed by atoms with Gasteiger partial charge in [0.2, 0.25) is 5.91 Å². The van der Waals surface area contributed by atoms with E-state index < -0.39 is 29.6 Å². The minimum absolute atomic E-state index is 0.289. The maximum absolute atomic E-state index is 12.1. The third kappa shape index (κ3) is 4.73. The quantitative estimate of drug-likeness (QED) is 0.550. The molecule has 0 aliphatic heterocycles. The second kappa shape index (κ2) is 8.35. The molecule has 0 unspecified atom stereocenters. The molecule has 7 nitrogen and oxygen atoms in total.